The number of anilines is 2. The number of ether oxygens (including phenoxy) is 1. The zero-order chi connectivity index (χ0) is 17.1. The van der Waals surface area contributed by atoms with E-state index >= 15 is 0 Å². The van der Waals surface area contributed by atoms with Crippen molar-refractivity contribution >= 4 is 17.6 Å². The Balaban J connectivity index is 1.76. The maximum absolute atomic E-state index is 11.8. The van der Waals surface area contributed by atoms with Gasteiger partial charge in [0.05, 0.1) is 6.61 Å². The van der Waals surface area contributed by atoms with Crippen molar-refractivity contribution in [3.63, 3.8) is 0 Å². The van der Waals surface area contributed by atoms with Crippen LogP contribution in [0.25, 0.3) is 5.82 Å². The highest BCUT2D eigenvalue weighted by atomic mass is 16.5. The van der Waals surface area contributed by atoms with Gasteiger partial charge in [-0.05, 0) is 37.8 Å². The molecule has 0 saturated carbocycles. The predicted octanol–water partition coefficient (Wildman–Crippen LogP) is 1.66. The molecule has 0 radical (unpaired) electrons. The summed E-state index contributed by atoms with van der Waals surface area (Å²) in [5.74, 6) is 1.75. The van der Waals surface area contributed by atoms with Gasteiger partial charge in [0.2, 0.25) is 0 Å². The normalized spacial score (nSPS) is 15.5. The largest absolute Gasteiger partial charge is 0.462 e. The molecule has 0 bridgehead atoms. The Labute approximate surface area is 140 Å². The van der Waals surface area contributed by atoms with E-state index < -0.39 is 5.97 Å². The van der Waals surface area contributed by atoms with Gasteiger partial charge in [-0.25, -0.2) is 9.48 Å². The van der Waals surface area contributed by atoms with Gasteiger partial charge in [0.25, 0.3) is 0 Å². The minimum absolute atomic E-state index is 0.115. The molecular weight excluding hydrogens is 308 g/mol. The molecule has 1 aliphatic heterocycles. The molecule has 0 spiro atoms. The number of rotatable bonds is 4. The van der Waals surface area contributed by atoms with Crippen LogP contribution in [0.4, 0.5) is 11.6 Å². The summed E-state index contributed by atoms with van der Waals surface area (Å²) in [6.45, 7) is 6.29. The number of carbonyl (C=O) groups is 1. The third kappa shape index (κ3) is 3.32. The van der Waals surface area contributed by atoms with E-state index in [2.05, 4.69) is 27.1 Å². The second-order valence-electron chi connectivity index (χ2n) is 6.01. The van der Waals surface area contributed by atoms with Gasteiger partial charge >= 0.3 is 5.97 Å². The van der Waals surface area contributed by atoms with E-state index in [1.807, 2.05) is 12.1 Å². The number of piperidine rings is 1. The van der Waals surface area contributed by atoms with E-state index in [0.717, 1.165) is 24.8 Å². The fourth-order valence-electron chi connectivity index (χ4n) is 2.72. The third-order valence-corrected chi connectivity index (χ3v) is 4.22. The molecule has 3 rings (SSSR count). The Bertz CT molecular complexity index is 704. The van der Waals surface area contributed by atoms with Crippen molar-refractivity contribution in [1.82, 2.24) is 20.0 Å². The lowest BCUT2D eigenvalue weighted by atomic mass is 9.99. The van der Waals surface area contributed by atoms with Gasteiger partial charge in [0.1, 0.15) is 5.56 Å². The van der Waals surface area contributed by atoms with Gasteiger partial charge < -0.3 is 15.4 Å². The maximum atomic E-state index is 11.8. The number of nitrogen functional groups attached to an aromatic ring is 1. The van der Waals surface area contributed by atoms with Crippen LogP contribution in [0.2, 0.25) is 0 Å². The molecule has 8 nitrogen and oxygen atoms in total. The molecule has 2 aromatic heterocycles. The van der Waals surface area contributed by atoms with Gasteiger partial charge in [-0.15, -0.1) is 15.3 Å². The Morgan fingerprint density at radius 3 is 2.58 bits per heavy atom. The quantitative estimate of drug-likeness (QED) is 0.851. The first-order valence-electron chi connectivity index (χ1n) is 8.19. The van der Waals surface area contributed by atoms with Crippen molar-refractivity contribution in [3.05, 3.63) is 23.9 Å². The summed E-state index contributed by atoms with van der Waals surface area (Å²) >= 11 is 0. The fraction of sp³-hybridized carbons (Fsp3) is 0.500. The van der Waals surface area contributed by atoms with Gasteiger partial charge in [0, 0.05) is 19.3 Å². The average Bonchev–Trinajstić information content (AvgIpc) is 2.98. The molecule has 0 amide bonds. The number of nitrogens with zero attached hydrogens (tertiary/aromatic N) is 5. The van der Waals surface area contributed by atoms with E-state index in [-0.39, 0.29) is 18.0 Å². The summed E-state index contributed by atoms with van der Waals surface area (Å²) in [6, 6.07) is 3.74. The Kier molecular flexibility index (Phi) is 4.64. The smallest absolute Gasteiger partial charge is 0.343 e. The number of carbonyl (C=O) groups excluding carboxylic acids is 1. The zero-order valence-corrected chi connectivity index (χ0v) is 14.0. The van der Waals surface area contributed by atoms with Crippen LogP contribution in [0.5, 0.6) is 0 Å². The Morgan fingerprint density at radius 2 is 1.96 bits per heavy atom. The average molecular weight is 330 g/mol. The van der Waals surface area contributed by atoms with Gasteiger partial charge in [-0.2, -0.15) is 0 Å². The molecule has 0 atom stereocenters. The Hall–Kier alpha value is -2.64. The molecule has 2 N–H and O–H groups in total. The minimum Gasteiger partial charge on any atom is -0.462 e. The number of hydrogen-bond acceptors (Lipinski definition) is 7. The molecule has 24 heavy (non-hydrogen) atoms. The molecule has 3 heterocycles. The number of esters is 1. The van der Waals surface area contributed by atoms with E-state index in [0.29, 0.717) is 5.82 Å². The van der Waals surface area contributed by atoms with Crippen molar-refractivity contribution in [2.75, 3.05) is 30.3 Å². The third-order valence-electron chi connectivity index (χ3n) is 4.22. The zero-order valence-electron chi connectivity index (χ0n) is 14.0. The summed E-state index contributed by atoms with van der Waals surface area (Å²) in [6.07, 6.45) is 3.85. The minimum atomic E-state index is -0.492. The van der Waals surface area contributed by atoms with Crippen LogP contribution in [-0.2, 0) is 4.74 Å². The van der Waals surface area contributed by atoms with E-state index in [9.17, 15) is 4.79 Å². The van der Waals surface area contributed by atoms with Crippen LogP contribution in [0.1, 0.15) is 37.0 Å². The number of aromatic nitrogens is 4. The Morgan fingerprint density at radius 1 is 1.29 bits per heavy atom. The molecule has 2 aromatic rings. The topological polar surface area (TPSA) is 99.2 Å². The van der Waals surface area contributed by atoms with Crippen LogP contribution < -0.4 is 10.6 Å². The van der Waals surface area contributed by atoms with Crippen LogP contribution in [0.15, 0.2) is 18.3 Å². The highest BCUT2D eigenvalue weighted by Crippen LogP contribution is 2.21. The van der Waals surface area contributed by atoms with Crippen LogP contribution in [-0.4, -0.2) is 45.6 Å². The molecule has 1 aliphatic rings. The lowest BCUT2D eigenvalue weighted by Gasteiger charge is -2.30. The lowest BCUT2D eigenvalue weighted by molar-refractivity contribution is 0.0527. The van der Waals surface area contributed by atoms with Gasteiger partial charge in [-0.1, -0.05) is 6.92 Å². The van der Waals surface area contributed by atoms with Crippen LogP contribution in [0, 0.1) is 5.92 Å². The second-order valence-corrected chi connectivity index (χ2v) is 6.01. The number of hydrogen-bond donors (Lipinski definition) is 1. The lowest BCUT2D eigenvalue weighted by Crippen LogP contribution is -2.33. The molecule has 1 saturated heterocycles. The standard InChI is InChI=1S/C16H22N6O2/c1-3-24-16(23)12-10-22(20-15(12)17)14-5-4-13(18-19-14)21-8-6-11(2)7-9-21/h4-5,10-11H,3,6-9H2,1-2H3,(H2,17,20). The fourth-order valence-corrected chi connectivity index (χ4v) is 2.72. The first-order chi connectivity index (χ1) is 11.6. The first-order valence-corrected chi connectivity index (χ1v) is 8.19. The van der Waals surface area contributed by atoms with Gasteiger partial charge in [-0.3, -0.25) is 0 Å². The highest BCUT2D eigenvalue weighted by molar-refractivity contribution is 5.94. The molecular formula is C16H22N6O2. The molecule has 128 valence electrons. The van der Waals surface area contributed by atoms with Crippen LogP contribution >= 0.6 is 0 Å². The van der Waals surface area contributed by atoms with E-state index in [4.69, 9.17) is 10.5 Å². The van der Waals surface area contributed by atoms with Crippen molar-refractivity contribution < 1.29 is 9.53 Å². The molecule has 0 aliphatic carbocycles. The van der Waals surface area contributed by atoms with E-state index in [1.54, 1.807) is 6.92 Å². The van der Waals surface area contributed by atoms with Crippen LogP contribution in [0.3, 0.4) is 0 Å². The summed E-state index contributed by atoms with van der Waals surface area (Å²) < 4.78 is 6.39. The maximum Gasteiger partial charge on any atom is 0.343 e. The molecule has 0 unspecified atom stereocenters. The van der Waals surface area contributed by atoms with Crippen molar-refractivity contribution in [2.24, 2.45) is 5.92 Å². The second kappa shape index (κ2) is 6.86. The van der Waals surface area contributed by atoms with Crippen molar-refractivity contribution in [1.29, 1.82) is 0 Å². The van der Waals surface area contributed by atoms with E-state index in [1.165, 1.54) is 23.7 Å². The summed E-state index contributed by atoms with van der Waals surface area (Å²) in [7, 11) is 0. The molecule has 0 aromatic carbocycles. The monoisotopic (exact) mass is 330 g/mol. The predicted molar refractivity (Wildman–Crippen MR) is 90.1 cm³/mol. The van der Waals surface area contributed by atoms with Crippen molar-refractivity contribution in [2.45, 2.75) is 26.7 Å². The first kappa shape index (κ1) is 16.2. The summed E-state index contributed by atoms with van der Waals surface area (Å²) in [4.78, 5) is 14.0. The highest BCUT2D eigenvalue weighted by Gasteiger charge is 2.19. The number of nitrogens with two attached hydrogens (primary N) is 1. The molecule has 8 heteroatoms. The van der Waals surface area contributed by atoms with Crippen molar-refractivity contribution in [3.8, 4) is 5.82 Å². The van der Waals surface area contributed by atoms with Gasteiger partial charge in [0.15, 0.2) is 17.5 Å². The molecule has 1 fully saturated rings. The SMILES string of the molecule is CCOC(=O)c1cn(-c2ccc(N3CCC(C)CC3)nn2)nc1N. The summed E-state index contributed by atoms with van der Waals surface area (Å²) in [5.41, 5.74) is 6.01. The summed E-state index contributed by atoms with van der Waals surface area (Å²) in [5, 5.41) is 12.6.